The first-order valence-corrected chi connectivity index (χ1v) is 7.16. The molecule has 0 spiro atoms. The monoisotopic (exact) mass is 303 g/mol. The lowest BCUT2D eigenvalue weighted by molar-refractivity contribution is 0.629. The van der Waals surface area contributed by atoms with Gasteiger partial charge in [-0.25, -0.2) is 9.37 Å². The zero-order chi connectivity index (χ0) is 15.1. The van der Waals surface area contributed by atoms with Gasteiger partial charge in [0.05, 0.1) is 16.8 Å². The fraction of sp³-hybridized carbons (Fsp3) is 0.250. The maximum atomic E-state index is 13.5. The van der Waals surface area contributed by atoms with Crippen LogP contribution >= 0.6 is 11.6 Å². The molecule has 2 heterocycles. The normalized spacial score (nSPS) is 11.5. The number of hydrogen-bond donors (Lipinski definition) is 1. The second-order valence-electron chi connectivity index (χ2n) is 5.43. The number of hydrogen-bond acceptors (Lipinski definition) is 2. The van der Waals surface area contributed by atoms with E-state index in [1.165, 1.54) is 12.1 Å². The molecule has 0 atom stereocenters. The molecular formula is C16H15ClFN3. The molecule has 0 aliphatic rings. The highest BCUT2D eigenvalue weighted by Gasteiger charge is 2.16. The van der Waals surface area contributed by atoms with Crippen molar-refractivity contribution < 1.29 is 4.39 Å². The standard InChI is InChI=1S/C16H15ClFN3/c1-8(2)12-7-14(15-9(3)20-21-16(15)17)19-13-6-10(18)4-5-11(12)13/h4-8H,1-3H3,(H,20,21). The van der Waals surface area contributed by atoms with Crippen LogP contribution in [0.1, 0.15) is 31.0 Å². The third-order valence-corrected chi connectivity index (χ3v) is 3.86. The molecule has 0 unspecified atom stereocenters. The summed E-state index contributed by atoms with van der Waals surface area (Å²) in [5, 5.41) is 8.18. The zero-order valence-electron chi connectivity index (χ0n) is 12.0. The van der Waals surface area contributed by atoms with Gasteiger partial charge in [-0.15, -0.1) is 0 Å². The molecule has 0 saturated carbocycles. The van der Waals surface area contributed by atoms with Gasteiger partial charge in [-0.1, -0.05) is 25.4 Å². The number of nitrogens with zero attached hydrogens (tertiary/aromatic N) is 2. The summed E-state index contributed by atoms with van der Waals surface area (Å²) >= 11 is 6.14. The maximum absolute atomic E-state index is 13.5. The Labute approximate surface area is 127 Å². The van der Waals surface area contributed by atoms with E-state index in [9.17, 15) is 4.39 Å². The van der Waals surface area contributed by atoms with E-state index in [0.29, 0.717) is 22.3 Å². The van der Waals surface area contributed by atoms with Gasteiger partial charge >= 0.3 is 0 Å². The highest BCUT2D eigenvalue weighted by atomic mass is 35.5. The Morgan fingerprint density at radius 1 is 1.24 bits per heavy atom. The summed E-state index contributed by atoms with van der Waals surface area (Å²) in [7, 11) is 0. The summed E-state index contributed by atoms with van der Waals surface area (Å²) < 4.78 is 13.5. The molecule has 0 aliphatic heterocycles. The van der Waals surface area contributed by atoms with E-state index in [1.807, 2.05) is 13.0 Å². The Kier molecular flexibility index (Phi) is 3.41. The Morgan fingerprint density at radius 2 is 2.00 bits per heavy atom. The van der Waals surface area contributed by atoms with E-state index < -0.39 is 0 Å². The minimum atomic E-state index is -0.295. The van der Waals surface area contributed by atoms with E-state index in [-0.39, 0.29) is 5.82 Å². The molecule has 0 radical (unpaired) electrons. The van der Waals surface area contributed by atoms with Crippen molar-refractivity contribution in [2.45, 2.75) is 26.7 Å². The predicted molar refractivity (Wildman–Crippen MR) is 83.1 cm³/mol. The summed E-state index contributed by atoms with van der Waals surface area (Å²) in [6.45, 7) is 6.10. The van der Waals surface area contributed by atoms with E-state index >= 15 is 0 Å². The van der Waals surface area contributed by atoms with Crippen molar-refractivity contribution in [2.75, 3.05) is 0 Å². The fourth-order valence-corrected chi connectivity index (χ4v) is 2.81. The number of H-pyrrole nitrogens is 1. The van der Waals surface area contributed by atoms with Crippen molar-refractivity contribution in [3.8, 4) is 11.3 Å². The summed E-state index contributed by atoms with van der Waals surface area (Å²) in [6.07, 6.45) is 0. The molecule has 5 heteroatoms. The van der Waals surface area contributed by atoms with Gasteiger partial charge in [0.1, 0.15) is 5.82 Å². The van der Waals surface area contributed by atoms with E-state index in [2.05, 4.69) is 29.0 Å². The molecule has 21 heavy (non-hydrogen) atoms. The maximum Gasteiger partial charge on any atom is 0.160 e. The Morgan fingerprint density at radius 3 is 2.62 bits per heavy atom. The minimum Gasteiger partial charge on any atom is -0.281 e. The number of benzene rings is 1. The number of aromatic nitrogens is 3. The first-order chi connectivity index (χ1) is 9.97. The molecule has 1 N–H and O–H groups in total. The van der Waals surface area contributed by atoms with Crippen LogP contribution in [0.25, 0.3) is 22.2 Å². The number of rotatable bonds is 2. The topological polar surface area (TPSA) is 41.6 Å². The summed E-state index contributed by atoms with van der Waals surface area (Å²) in [5.41, 5.74) is 4.08. The SMILES string of the molecule is Cc1[nH]nc(Cl)c1-c1cc(C(C)C)c2ccc(F)cc2n1. The average Bonchev–Trinajstić information content (AvgIpc) is 2.76. The van der Waals surface area contributed by atoms with Gasteiger partial charge in [-0.05, 0) is 36.6 Å². The third kappa shape index (κ3) is 2.40. The van der Waals surface area contributed by atoms with Crippen LogP contribution in [0.15, 0.2) is 24.3 Å². The van der Waals surface area contributed by atoms with Crippen molar-refractivity contribution in [3.05, 3.63) is 46.5 Å². The lowest BCUT2D eigenvalue weighted by Gasteiger charge is -2.12. The molecule has 3 nitrogen and oxygen atoms in total. The van der Waals surface area contributed by atoms with Crippen molar-refractivity contribution in [2.24, 2.45) is 0 Å². The first-order valence-electron chi connectivity index (χ1n) is 6.78. The molecule has 2 aromatic heterocycles. The Balaban J connectivity index is 2.35. The second kappa shape index (κ2) is 5.11. The Bertz CT molecular complexity index is 804. The van der Waals surface area contributed by atoms with Crippen LogP contribution in [0.2, 0.25) is 5.15 Å². The molecule has 3 rings (SSSR count). The minimum absolute atomic E-state index is 0.295. The number of halogens is 2. The molecule has 0 fully saturated rings. The van der Waals surface area contributed by atoms with E-state index in [4.69, 9.17) is 11.6 Å². The molecule has 1 aromatic carbocycles. The molecule has 0 bridgehead atoms. The van der Waals surface area contributed by atoms with Crippen molar-refractivity contribution in [1.29, 1.82) is 0 Å². The molecule has 3 aromatic rings. The van der Waals surface area contributed by atoms with Crippen molar-refractivity contribution >= 4 is 22.5 Å². The molecule has 0 aliphatic carbocycles. The smallest absolute Gasteiger partial charge is 0.160 e. The van der Waals surface area contributed by atoms with Crippen LogP contribution in [-0.4, -0.2) is 15.2 Å². The number of pyridine rings is 1. The van der Waals surface area contributed by atoms with Crippen LogP contribution in [0.5, 0.6) is 0 Å². The van der Waals surface area contributed by atoms with Gasteiger partial charge in [0.15, 0.2) is 5.15 Å². The van der Waals surface area contributed by atoms with Gasteiger partial charge in [0, 0.05) is 17.1 Å². The van der Waals surface area contributed by atoms with E-state index in [1.54, 1.807) is 6.07 Å². The van der Waals surface area contributed by atoms with Gasteiger partial charge in [-0.3, -0.25) is 5.10 Å². The lowest BCUT2D eigenvalue weighted by Crippen LogP contribution is -1.96. The zero-order valence-corrected chi connectivity index (χ0v) is 12.8. The molecule has 108 valence electrons. The highest BCUT2D eigenvalue weighted by Crippen LogP contribution is 2.33. The molecular weight excluding hydrogens is 289 g/mol. The second-order valence-corrected chi connectivity index (χ2v) is 5.79. The number of aryl methyl sites for hydroxylation is 1. The largest absolute Gasteiger partial charge is 0.281 e. The summed E-state index contributed by atoms with van der Waals surface area (Å²) in [6, 6.07) is 6.70. The van der Waals surface area contributed by atoms with Gasteiger partial charge in [0.2, 0.25) is 0 Å². The quantitative estimate of drug-likeness (QED) is 0.735. The van der Waals surface area contributed by atoms with Crippen LogP contribution in [0.4, 0.5) is 4.39 Å². The molecule has 0 saturated heterocycles. The van der Waals surface area contributed by atoms with Crippen LogP contribution in [-0.2, 0) is 0 Å². The highest BCUT2D eigenvalue weighted by molar-refractivity contribution is 6.32. The van der Waals surface area contributed by atoms with Crippen LogP contribution < -0.4 is 0 Å². The van der Waals surface area contributed by atoms with Crippen molar-refractivity contribution in [3.63, 3.8) is 0 Å². The number of nitrogens with one attached hydrogen (secondary N) is 1. The molecule has 0 amide bonds. The number of fused-ring (bicyclic) bond motifs is 1. The van der Waals surface area contributed by atoms with E-state index in [0.717, 1.165) is 22.2 Å². The van der Waals surface area contributed by atoms with Gasteiger partial charge in [-0.2, -0.15) is 5.10 Å². The summed E-state index contributed by atoms with van der Waals surface area (Å²) in [4.78, 5) is 4.56. The van der Waals surface area contributed by atoms with Crippen LogP contribution in [0, 0.1) is 12.7 Å². The fourth-order valence-electron chi connectivity index (χ4n) is 2.53. The predicted octanol–water partition coefficient (Wildman–Crippen LogP) is 4.85. The van der Waals surface area contributed by atoms with Crippen LogP contribution in [0.3, 0.4) is 0 Å². The third-order valence-electron chi connectivity index (χ3n) is 3.59. The Hall–Kier alpha value is -1.94. The summed E-state index contributed by atoms with van der Waals surface area (Å²) in [5.74, 6) is 0.00237. The number of aromatic amines is 1. The van der Waals surface area contributed by atoms with Crippen molar-refractivity contribution in [1.82, 2.24) is 15.2 Å². The average molecular weight is 304 g/mol. The van der Waals surface area contributed by atoms with Gasteiger partial charge < -0.3 is 0 Å². The lowest BCUT2D eigenvalue weighted by atomic mass is 9.96. The van der Waals surface area contributed by atoms with Gasteiger partial charge in [0.25, 0.3) is 0 Å². The first kappa shape index (κ1) is 14.0.